The number of ether oxygens (including phenoxy) is 1. The van der Waals surface area contributed by atoms with E-state index in [2.05, 4.69) is 10.4 Å². The molecule has 2 saturated heterocycles. The number of nitrogens with one attached hydrogen (secondary N) is 1. The molecule has 6 nitrogen and oxygen atoms in total. The number of benzene rings is 1. The summed E-state index contributed by atoms with van der Waals surface area (Å²) in [6.45, 7) is 7.08. The lowest BCUT2D eigenvalue weighted by atomic mass is 9.87. The van der Waals surface area contributed by atoms with Gasteiger partial charge in [-0.2, -0.15) is 5.10 Å². The van der Waals surface area contributed by atoms with Crippen molar-refractivity contribution in [2.24, 2.45) is 5.41 Å². The lowest BCUT2D eigenvalue weighted by Crippen LogP contribution is -2.35. The number of anilines is 1. The highest BCUT2D eigenvalue weighted by molar-refractivity contribution is 5.91. The zero-order valence-corrected chi connectivity index (χ0v) is 14.8. The number of likely N-dealkylation sites (tertiary alicyclic amines) is 1. The van der Waals surface area contributed by atoms with Gasteiger partial charge in [0.15, 0.2) is 0 Å². The number of para-hydroxylation sites is 1. The molecule has 0 unspecified atom stereocenters. The van der Waals surface area contributed by atoms with Crippen LogP contribution in [0.1, 0.15) is 24.2 Å². The van der Waals surface area contributed by atoms with E-state index in [1.165, 1.54) is 0 Å². The van der Waals surface area contributed by atoms with Gasteiger partial charge in [0, 0.05) is 25.1 Å². The molecule has 0 aliphatic carbocycles. The SMILES string of the molecule is Cc1nn(-c2ccccc2)c(C)c1NC(=O)N1CC[C@]2(CCOC2)C1. The minimum absolute atomic E-state index is 0.0393. The van der Waals surface area contributed by atoms with Crippen molar-refractivity contribution < 1.29 is 9.53 Å². The van der Waals surface area contributed by atoms with Crippen LogP contribution in [-0.2, 0) is 4.74 Å². The van der Waals surface area contributed by atoms with E-state index in [1.54, 1.807) is 0 Å². The lowest BCUT2D eigenvalue weighted by molar-refractivity contribution is 0.154. The fourth-order valence-electron chi connectivity index (χ4n) is 3.91. The normalized spacial score (nSPS) is 22.7. The van der Waals surface area contributed by atoms with E-state index < -0.39 is 0 Å². The molecule has 3 heterocycles. The zero-order chi connectivity index (χ0) is 17.4. The van der Waals surface area contributed by atoms with Crippen LogP contribution in [0.5, 0.6) is 0 Å². The number of nitrogens with zero attached hydrogens (tertiary/aromatic N) is 3. The van der Waals surface area contributed by atoms with Gasteiger partial charge in [0.1, 0.15) is 0 Å². The smallest absolute Gasteiger partial charge is 0.321 e. The number of carbonyl (C=O) groups excluding carboxylic acids is 1. The number of urea groups is 1. The zero-order valence-electron chi connectivity index (χ0n) is 14.8. The lowest BCUT2D eigenvalue weighted by Gasteiger charge is -2.22. The van der Waals surface area contributed by atoms with E-state index in [-0.39, 0.29) is 11.4 Å². The highest BCUT2D eigenvalue weighted by atomic mass is 16.5. The third-order valence-corrected chi connectivity index (χ3v) is 5.43. The molecule has 2 amide bonds. The summed E-state index contributed by atoms with van der Waals surface area (Å²) >= 11 is 0. The third-order valence-electron chi connectivity index (χ3n) is 5.43. The van der Waals surface area contributed by atoms with Crippen molar-refractivity contribution in [3.8, 4) is 5.69 Å². The number of hydrogen-bond acceptors (Lipinski definition) is 3. The van der Waals surface area contributed by atoms with Crippen LogP contribution in [0.2, 0.25) is 0 Å². The van der Waals surface area contributed by atoms with Crippen molar-refractivity contribution in [1.82, 2.24) is 14.7 Å². The molecule has 1 spiro atoms. The molecule has 1 aromatic carbocycles. The molecular formula is C19H24N4O2. The van der Waals surface area contributed by atoms with E-state index in [9.17, 15) is 4.79 Å². The number of aryl methyl sites for hydroxylation is 1. The molecule has 2 fully saturated rings. The van der Waals surface area contributed by atoms with E-state index >= 15 is 0 Å². The first-order chi connectivity index (χ1) is 12.1. The predicted molar refractivity (Wildman–Crippen MR) is 96.1 cm³/mol. The molecule has 1 N–H and O–H groups in total. The molecule has 0 radical (unpaired) electrons. The van der Waals surface area contributed by atoms with Crippen LogP contribution >= 0.6 is 0 Å². The monoisotopic (exact) mass is 340 g/mol. The van der Waals surface area contributed by atoms with Crippen LogP contribution in [0.25, 0.3) is 5.69 Å². The number of aromatic nitrogens is 2. The molecular weight excluding hydrogens is 316 g/mol. The van der Waals surface area contributed by atoms with E-state index in [0.29, 0.717) is 0 Å². The molecule has 132 valence electrons. The van der Waals surface area contributed by atoms with Crippen molar-refractivity contribution in [2.45, 2.75) is 26.7 Å². The Kier molecular flexibility index (Phi) is 4.00. The maximum atomic E-state index is 12.7. The van der Waals surface area contributed by atoms with Crippen molar-refractivity contribution in [3.05, 3.63) is 41.7 Å². The topological polar surface area (TPSA) is 59.4 Å². The predicted octanol–water partition coefficient (Wildman–Crippen LogP) is 3.13. The maximum Gasteiger partial charge on any atom is 0.321 e. The average molecular weight is 340 g/mol. The summed E-state index contributed by atoms with van der Waals surface area (Å²) in [4.78, 5) is 14.7. The summed E-state index contributed by atoms with van der Waals surface area (Å²) in [6, 6.07) is 9.93. The molecule has 2 aliphatic heterocycles. The van der Waals surface area contributed by atoms with Crippen molar-refractivity contribution >= 4 is 11.7 Å². The maximum absolute atomic E-state index is 12.7. The first kappa shape index (κ1) is 16.1. The second-order valence-corrected chi connectivity index (χ2v) is 7.20. The first-order valence-corrected chi connectivity index (χ1v) is 8.83. The van der Waals surface area contributed by atoms with Crippen LogP contribution in [-0.4, -0.2) is 47.0 Å². The molecule has 25 heavy (non-hydrogen) atoms. The summed E-state index contributed by atoms with van der Waals surface area (Å²) < 4.78 is 7.42. The third kappa shape index (κ3) is 2.91. The van der Waals surface area contributed by atoms with Crippen LogP contribution in [0, 0.1) is 19.3 Å². The van der Waals surface area contributed by atoms with Gasteiger partial charge in [-0.3, -0.25) is 0 Å². The Labute approximate surface area is 147 Å². The Bertz CT molecular complexity index is 778. The number of carbonyl (C=O) groups is 1. The van der Waals surface area contributed by atoms with E-state index in [0.717, 1.165) is 61.9 Å². The molecule has 2 aromatic rings. The summed E-state index contributed by atoms with van der Waals surface area (Å²) in [5, 5.41) is 7.67. The highest BCUT2D eigenvalue weighted by Crippen LogP contribution is 2.38. The van der Waals surface area contributed by atoms with Gasteiger partial charge >= 0.3 is 6.03 Å². The molecule has 1 atom stereocenters. The van der Waals surface area contributed by atoms with Gasteiger partial charge in [0.2, 0.25) is 0 Å². The van der Waals surface area contributed by atoms with Crippen molar-refractivity contribution in [2.75, 3.05) is 31.6 Å². The van der Waals surface area contributed by atoms with Gasteiger partial charge in [0.05, 0.1) is 29.4 Å². The number of amides is 2. The quantitative estimate of drug-likeness (QED) is 0.914. The van der Waals surface area contributed by atoms with Crippen LogP contribution in [0.4, 0.5) is 10.5 Å². The van der Waals surface area contributed by atoms with Crippen molar-refractivity contribution in [1.29, 1.82) is 0 Å². The fourth-order valence-corrected chi connectivity index (χ4v) is 3.91. The van der Waals surface area contributed by atoms with Gasteiger partial charge in [-0.25, -0.2) is 9.48 Å². The summed E-state index contributed by atoms with van der Waals surface area (Å²) in [5.41, 5.74) is 3.74. The summed E-state index contributed by atoms with van der Waals surface area (Å²) in [5.74, 6) is 0. The van der Waals surface area contributed by atoms with Gasteiger partial charge in [-0.15, -0.1) is 0 Å². The van der Waals surface area contributed by atoms with Crippen LogP contribution in [0.15, 0.2) is 30.3 Å². The number of rotatable bonds is 2. The Hall–Kier alpha value is -2.34. The highest BCUT2D eigenvalue weighted by Gasteiger charge is 2.42. The van der Waals surface area contributed by atoms with Gasteiger partial charge < -0.3 is 15.0 Å². The second kappa shape index (κ2) is 6.19. The Balaban J connectivity index is 1.51. The van der Waals surface area contributed by atoms with Crippen LogP contribution < -0.4 is 5.32 Å². The van der Waals surface area contributed by atoms with Crippen molar-refractivity contribution in [3.63, 3.8) is 0 Å². The minimum atomic E-state index is -0.0393. The molecule has 4 rings (SSSR count). The number of hydrogen-bond donors (Lipinski definition) is 1. The average Bonchev–Trinajstić information content (AvgIpc) is 3.33. The Morgan fingerprint density at radius 1 is 1.24 bits per heavy atom. The van der Waals surface area contributed by atoms with E-state index in [1.807, 2.05) is 53.8 Å². The summed E-state index contributed by atoms with van der Waals surface area (Å²) in [6.07, 6.45) is 2.09. The fraction of sp³-hybridized carbons (Fsp3) is 0.474. The first-order valence-electron chi connectivity index (χ1n) is 8.83. The molecule has 0 saturated carbocycles. The van der Waals surface area contributed by atoms with E-state index in [4.69, 9.17) is 4.74 Å². The molecule has 1 aromatic heterocycles. The van der Waals surface area contributed by atoms with Gasteiger partial charge in [-0.05, 0) is 38.8 Å². The standard InChI is InChI=1S/C19H24N4O2/c1-14-17(15(2)23(21-14)16-6-4-3-5-7-16)20-18(24)22-10-8-19(12-22)9-11-25-13-19/h3-7H,8-13H2,1-2H3,(H,20,24)/t19-/m0/s1. The Morgan fingerprint density at radius 3 is 2.76 bits per heavy atom. The molecule has 6 heteroatoms. The Morgan fingerprint density at radius 2 is 2.04 bits per heavy atom. The summed E-state index contributed by atoms with van der Waals surface area (Å²) in [7, 11) is 0. The molecule has 2 aliphatic rings. The second-order valence-electron chi connectivity index (χ2n) is 7.20. The largest absolute Gasteiger partial charge is 0.381 e. The minimum Gasteiger partial charge on any atom is -0.381 e. The van der Waals surface area contributed by atoms with Crippen LogP contribution in [0.3, 0.4) is 0 Å². The molecule has 0 bridgehead atoms. The van der Waals surface area contributed by atoms with Gasteiger partial charge in [0.25, 0.3) is 0 Å². The van der Waals surface area contributed by atoms with Gasteiger partial charge in [-0.1, -0.05) is 18.2 Å².